The third-order valence-corrected chi connectivity index (χ3v) is 17.1. The molecule has 2 aromatic carbocycles. The Morgan fingerprint density at radius 3 is 2.31 bits per heavy atom. The van der Waals surface area contributed by atoms with Crippen molar-refractivity contribution in [2.75, 3.05) is 72.8 Å². The van der Waals surface area contributed by atoms with Crippen LogP contribution in [0.5, 0.6) is 11.6 Å². The monoisotopic (exact) mass is 1050 g/mol. The van der Waals surface area contributed by atoms with E-state index in [9.17, 15) is 25.1 Å². The lowest BCUT2D eigenvalue weighted by Gasteiger charge is -2.43. The van der Waals surface area contributed by atoms with Crippen molar-refractivity contribution < 1.29 is 33.8 Å². The lowest BCUT2D eigenvalue weighted by molar-refractivity contribution is -0.141. The molecule has 2 unspecified atom stereocenters. The molecule has 19 nitrogen and oxygen atoms in total. The minimum absolute atomic E-state index is 0.0645. The first kappa shape index (κ1) is 52.1. The van der Waals surface area contributed by atoms with Gasteiger partial charge in [-0.15, -0.1) is 10.2 Å². The molecule has 5 saturated heterocycles. The van der Waals surface area contributed by atoms with Crippen molar-refractivity contribution in [3.05, 3.63) is 95.9 Å². The van der Waals surface area contributed by atoms with Gasteiger partial charge in [0.2, 0.25) is 17.7 Å². The van der Waals surface area contributed by atoms with E-state index in [0.29, 0.717) is 40.2 Å². The number of β-amino-alcohol motifs (C(OH)–C–C–N with tert-alkyl or cyclic N) is 1. The molecule has 6 aliphatic rings. The van der Waals surface area contributed by atoms with E-state index in [2.05, 4.69) is 63.5 Å². The standard InChI is InChI=1S/C58H72N12O7/c1-35(2)55(58(74)69-34-43(71)25-50(69)57(73)62-36(3)39-10-8-37(30-59)9-11-39)52-29-53(65-77-52)67-22-15-38(16-23-67)31-66-20-17-44(18-21-66)75-45-26-46(27-45)76-54-24-40(14-19-61-54)68-32-41-12-13-42(33-68)70(41)49-28-48(63-64-56(49)60)47-6-4-5-7-51(47)72/h4-11,14,19,24,28-29,35-36,38,41-46,50,55,71-72H,12-13,15-18,20-23,25-27,31-34H2,1-3H3,(H2,60,64)(H,62,73)/t36-,41?,42?,43+,45-,46-,50-,55+/m0/s1. The average Bonchev–Trinajstić information content (AvgIpc) is 4.16. The number of rotatable bonds is 16. The van der Waals surface area contributed by atoms with Crippen LogP contribution < -0.4 is 30.5 Å². The predicted molar refractivity (Wildman–Crippen MR) is 290 cm³/mol. The Kier molecular flexibility index (Phi) is 15.2. The van der Waals surface area contributed by atoms with E-state index in [1.807, 2.05) is 51.2 Å². The first-order valence-electron chi connectivity index (χ1n) is 27.8. The van der Waals surface area contributed by atoms with Gasteiger partial charge in [0.1, 0.15) is 23.8 Å². The number of ether oxygens (including phenoxy) is 2. The highest BCUT2D eigenvalue weighted by atomic mass is 16.5. The number of aromatic hydroxyl groups is 1. The maximum atomic E-state index is 14.3. The van der Waals surface area contributed by atoms with Crippen molar-refractivity contribution in [1.29, 1.82) is 5.26 Å². The molecule has 1 aliphatic carbocycles. The normalized spacial score (nSPS) is 24.9. The number of aliphatic hydroxyl groups excluding tert-OH is 1. The van der Waals surface area contributed by atoms with Gasteiger partial charge in [0.05, 0.1) is 47.4 Å². The van der Waals surface area contributed by atoms with Gasteiger partial charge in [-0.3, -0.25) is 9.59 Å². The number of benzene rings is 2. The number of carbonyl (C=O) groups excluding carboxylic acids is 2. The number of piperidine rings is 2. The lowest BCUT2D eigenvalue weighted by atomic mass is 9.91. The second kappa shape index (κ2) is 22.5. The Hall–Kier alpha value is -7.01. The number of nitriles is 1. The number of nitrogens with one attached hydrogen (secondary N) is 1. The van der Waals surface area contributed by atoms with Crippen LogP contribution in [0.1, 0.15) is 107 Å². The highest BCUT2D eigenvalue weighted by molar-refractivity contribution is 5.91. The fraction of sp³-hybridized carbons (Fsp3) is 0.534. The number of phenols is 1. The number of nitrogen functional groups attached to an aromatic ring is 1. The van der Waals surface area contributed by atoms with E-state index in [1.165, 1.54) is 4.90 Å². The van der Waals surface area contributed by atoms with Gasteiger partial charge in [-0.25, -0.2) is 4.98 Å². The quantitative estimate of drug-likeness (QED) is 0.0833. The Bertz CT molecular complexity index is 2900. The summed E-state index contributed by atoms with van der Waals surface area (Å²) in [5.74, 6) is 1.59. The van der Waals surface area contributed by atoms with E-state index in [1.54, 1.807) is 36.4 Å². The number of fused-ring (bicyclic) bond motifs is 2. The van der Waals surface area contributed by atoms with Crippen LogP contribution in [0.3, 0.4) is 0 Å². The van der Waals surface area contributed by atoms with Crippen molar-refractivity contribution in [3.8, 4) is 29.0 Å². The first-order chi connectivity index (χ1) is 37.3. The molecule has 19 heteroatoms. The number of carbonyl (C=O) groups is 2. The Morgan fingerprint density at radius 1 is 0.857 bits per heavy atom. The number of piperazine rings is 1. The van der Waals surface area contributed by atoms with Crippen LogP contribution in [0.15, 0.2) is 83.5 Å². The average molecular weight is 1050 g/mol. The molecule has 0 radical (unpaired) electrons. The number of aromatic nitrogens is 4. The third-order valence-electron chi connectivity index (χ3n) is 17.1. The minimum atomic E-state index is -0.825. The SMILES string of the molecule is CC(C)[C@@H](C(=O)N1C[C@H](O)C[C@H]1C(=O)N[C@@H](C)c1ccc(C#N)cc1)c1cc(N2CCC(CN3CCC(O[C@H]4C[C@H](Oc5cc(N6CC7CCC(C6)N7c6cc(-c7ccccc7O)nnc6N)ccn5)C4)CC3)CC2)no1. The zero-order valence-corrected chi connectivity index (χ0v) is 44.4. The molecular formula is C58H72N12O7. The van der Waals surface area contributed by atoms with Crippen molar-refractivity contribution in [2.24, 2.45) is 11.8 Å². The zero-order valence-electron chi connectivity index (χ0n) is 44.4. The molecule has 77 heavy (non-hydrogen) atoms. The molecule has 5 aliphatic heterocycles. The summed E-state index contributed by atoms with van der Waals surface area (Å²) in [6.07, 6.45) is 9.69. The van der Waals surface area contributed by atoms with Gasteiger partial charge in [0.15, 0.2) is 17.4 Å². The number of phenolic OH excluding ortho intramolecular Hbond substituents is 1. The van der Waals surface area contributed by atoms with E-state index < -0.39 is 18.1 Å². The fourth-order valence-corrected chi connectivity index (χ4v) is 12.7. The van der Waals surface area contributed by atoms with Crippen LogP contribution in [0.4, 0.5) is 23.0 Å². The van der Waals surface area contributed by atoms with Crippen LogP contribution in [-0.2, 0) is 14.3 Å². The molecule has 11 rings (SSSR count). The number of nitrogens with zero attached hydrogens (tertiary/aromatic N) is 10. The number of aliphatic hydroxyl groups is 1. The number of nitrogens with two attached hydrogens (primary N) is 1. The third kappa shape index (κ3) is 11.4. The van der Waals surface area contributed by atoms with Crippen molar-refractivity contribution in [1.82, 2.24) is 35.5 Å². The molecule has 8 heterocycles. The molecule has 406 valence electrons. The molecule has 1 saturated carbocycles. The maximum Gasteiger partial charge on any atom is 0.243 e. The molecule has 5 N–H and O–H groups in total. The number of amides is 2. The van der Waals surface area contributed by atoms with E-state index >= 15 is 0 Å². The molecule has 6 fully saturated rings. The van der Waals surface area contributed by atoms with Crippen molar-refractivity contribution >= 4 is 34.8 Å². The van der Waals surface area contributed by atoms with Gasteiger partial charge in [-0.2, -0.15) is 5.26 Å². The lowest BCUT2D eigenvalue weighted by Crippen LogP contribution is -2.54. The van der Waals surface area contributed by atoms with Gasteiger partial charge < -0.3 is 59.8 Å². The Balaban J connectivity index is 0.598. The molecule has 2 amide bonds. The van der Waals surface area contributed by atoms with Crippen LogP contribution in [0.25, 0.3) is 11.3 Å². The Labute approximate surface area is 450 Å². The molecule has 5 aromatic rings. The van der Waals surface area contributed by atoms with Gasteiger partial charge in [-0.1, -0.05) is 43.3 Å². The molecule has 2 bridgehead atoms. The zero-order chi connectivity index (χ0) is 53.3. The van der Waals surface area contributed by atoms with Crippen LogP contribution in [0, 0.1) is 23.2 Å². The summed E-state index contributed by atoms with van der Waals surface area (Å²) in [6, 6.07) is 23.6. The van der Waals surface area contributed by atoms with Crippen LogP contribution >= 0.6 is 0 Å². The number of para-hydroxylation sites is 1. The second-order valence-corrected chi connectivity index (χ2v) is 22.6. The molecular weight excluding hydrogens is 977 g/mol. The maximum absolute atomic E-state index is 14.3. The summed E-state index contributed by atoms with van der Waals surface area (Å²) < 4.78 is 19.0. The van der Waals surface area contributed by atoms with Crippen molar-refractivity contribution in [2.45, 2.75) is 133 Å². The summed E-state index contributed by atoms with van der Waals surface area (Å²) in [5.41, 5.74) is 11.0. The predicted octanol–water partition coefficient (Wildman–Crippen LogP) is 6.43. The highest BCUT2D eigenvalue weighted by Gasteiger charge is 2.45. The number of anilines is 4. The van der Waals surface area contributed by atoms with Crippen molar-refractivity contribution in [3.63, 3.8) is 0 Å². The van der Waals surface area contributed by atoms with Gasteiger partial charge >= 0.3 is 0 Å². The minimum Gasteiger partial charge on any atom is -0.507 e. The summed E-state index contributed by atoms with van der Waals surface area (Å²) in [6.45, 7) is 12.3. The number of likely N-dealkylation sites (tertiary alicyclic amines) is 2. The van der Waals surface area contributed by atoms with Gasteiger partial charge in [-0.05, 0) is 99.2 Å². The van der Waals surface area contributed by atoms with Gasteiger partial charge in [0.25, 0.3) is 0 Å². The number of pyridine rings is 1. The van der Waals surface area contributed by atoms with E-state index in [0.717, 1.165) is 120 Å². The summed E-state index contributed by atoms with van der Waals surface area (Å²) in [4.78, 5) is 43.7. The van der Waals surface area contributed by atoms with Crippen LogP contribution in [-0.4, -0.2) is 147 Å². The first-order valence-corrected chi connectivity index (χ1v) is 27.8. The largest absolute Gasteiger partial charge is 0.507 e. The van der Waals surface area contributed by atoms with E-state index in [4.69, 9.17) is 19.7 Å². The fourth-order valence-electron chi connectivity index (χ4n) is 12.7. The van der Waals surface area contributed by atoms with Gasteiger partial charge in [0, 0.05) is 113 Å². The summed E-state index contributed by atoms with van der Waals surface area (Å²) in [7, 11) is 0. The number of hydrogen-bond acceptors (Lipinski definition) is 17. The Morgan fingerprint density at radius 2 is 1.60 bits per heavy atom. The van der Waals surface area contributed by atoms with Crippen LogP contribution in [0.2, 0.25) is 0 Å². The van der Waals surface area contributed by atoms with E-state index in [-0.39, 0.29) is 72.9 Å². The molecule has 0 spiro atoms. The highest BCUT2D eigenvalue weighted by Crippen LogP contribution is 2.42. The molecule has 6 atom stereocenters. The summed E-state index contributed by atoms with van der Waals surface area (Å²) >= 11 is 0. The molecule has 3 aromatic heterocycles. The summed E-state index contributed by atoms with van der Waals surface area (Å²) in [5, 5.41) is 46.4. The topological polar surface area (TPSA) is 236 Å². The second-order valence-electron chi connectivity index (χ2n) is 22.6. The smallest absolute Gasteiger partial charge is 0.243 e. The number of hydrogen-bond donors (Lipinski definition) is 4.